The van der Waals surface area contributed by atoms with Gasteiger partial charge in [-0.2, -0.15) is 0 Å². The Morgan fingerprint density at radius 3 is 1.00 bits per heavy atom. The van der Waals surface area contributed by atoms with Crippen LogP contribution in [0.1, 0.15) is 354 Å². The normalized spacial score (nSPS) is 13.2. The topological polar surface area (TPSA) is 108 Å². The Labute approximate surface area is 491 Å². The first-order valence-corrected chi connectivity index (χ1v) is 36.1. The third kappa shape index (κ3) is 65.5. The summed E-state index contributed by atoms with van der Waals surface area (Å²) in [5, 5.41) is 0. The Balaban J connectivity index is 4.00. The van der Waals surface area contributed by atoms with Gasteiger partial charge in [0.05, 0.1) is 27.7 Å². The summed E-state index contributed by atoms with van der Waals surface area (Å²) in [7, 11) is 1.50. The van der Waals surface area contributed by atoms with E-state index in [0.717, 1.165) is 38.5 Å². The highest BCUT2D eigenvalue weighted by Crippen LogP contribution is 2.43. The maximum Gasteiger partial charge on any atom is 0.472 e. The number of hydrogen-bond donors (Lipinski definition) is 1. The quantitative estimate of drug-likeness (QED) is 0.0211. The van der Waals surface area contributed by atoms with Crippen molar-refractivity contribution >= 4 is 19.8 Å². The molecule has 0 heterocycles. The summed E-state index contributed by atoms with van der Waals surface area (Å²) in [4.78, 5) is 35.8. The lowest BCUT2D eigenvalue weighted by atomic mass is 10.0. The Morgan fingerprint density at radius 2 is 0.684 bits per heavy atom. The first-order valence-electron chi connectivity index (χ1n) is 34.6. The van der Waals surface area contributed by atoms with Crippen molar-refractivity contribution in [1.29, 1.82) is 0 Å². The number of nitrogens with zero attached hydrogens (tertiary/aromatic N) is 1. The molecule has 0 aliphatic carbocycles. The molecule has 10 heteroatoms. The fraction of sp³-hybridized carbons (Fsp3) is 0.913. The van der Waals surface area contributed by atoms with Gasteiger partial charge in [0.15, 0.2) is 6.10 Å². The zero-order valence-electron chi connectivity index (χ0n) is 53.4. The van der Waals surface area contributed by atoms with E-state index in [9.17, 15) is 19.0 Å². The third-order valence-electron chi connectivity index (χ3n) is 15.7. The summed E-state index contributed by atoms with van der Waals surface area (Å²) in [6.07, 6.45) is 75.7. The van der Waals surface area contributed by atoms with Crippen LogP contribution in [0.25, 0.3) is 0 Å². The van der Waals surface area contributed by atoms with Gasteiger partial charge in [-0.1, -0.05) is 321 Å². The molecular formula is C69H135NO8P+. The highest BCUT2D eigenvalue weighted by Gasteiger charge is 2.27. The lowest BCUT2D eigenvalue weighted by Crippen LogP contribution is -2.37. The van der Waals surface area contributed by atoms with Crippen LogP contribution in [0.2, 0.25) is 0 Å². The lowest BCUT2D eigenvalue weighted by Gasteiger charge is -2.24. The van der Waals surface area contributed by atoms with Gasteiger partial charge < -0.3 is 18.9 Å². The average molecular weight is 1140 g/mol. The molecule has 0 aromatic heterocycles. The summed E-state index contributed by atoms with van der Waals surface area (Å²) in [5.41, 5.74) is 0. The van der Waals surface area contributed by atoms with Crippen molar-refractivity contribution in [3.05, 3.63) is 24.3 Å². The van der Waals surface area contributed by atoms with E-state index in [0.29, 0.717) is 23.9 Å². The number of carbonyl (C=O) groups excluding carboxylic acids is 2. The van der Waals surface area contributed by atoms with Gasteiger partial charge in [0.2, 0.25) is 0 Å². The average Bonchev–Trinajstić information content (AvgIpc) is 3.41. The number of carbonyl (C=O) groups is 2. The molecule has 0 aromatic carbocycles. The summed E-state index contributed by atoms with van der Waals surface area (Å²) < 4.78 is 34.7. The van der Waals surface area contributed by atoms with Crippen LogP contribution in [-0.2, 0) is 32.7 Å². The van der Waals surface area contributed by atoms with Crippen molar-refractivity contribution in [2.75, 3.05) is 47.5 Å². The van der Waals surface area contributed by atoms with Crippen LogP contribution in [0.15, 0.2) is 24.3 Å². The largest absolute Gasteiger partial charge is 0.472 e. The number of allylic oxidation sites excluding steroid dienone is 4. The fourth-order valence-electron chi connectivity index (χ4n) is 10.4. The zero-order chi connectivity index (χ0) is 57.7. The van der Waals surface area contributed by atoms with E-state index in [1.165, 1.54) is 283 Å². The monoisotopic (exact) mass is 1140 g/mol. The molecule has 2 atom stereocenters. The molecular weight excluding hydrogens is 1000 g/mol. The van der Waals surface area contributed by atoms with E-state index >= 15 is 0 Å². The molecule has 2 unspecified atom stereocenters. The first-order chi connectivity index (χ1) is 38.5. The number of phosphoric acid groups is 1. The summed E-state index contributed by atoms with van der Waals surface area (Å²) in [5.74, 6) is -0.773. The number of quaternary nitrogens is 1. The van der Waals surface area contributed by atoms with Crippen LogP contribution < -0.4 is 0 Å². The predicted molar refractivity (Wildman–Crippen MR) is 340 cm³/mol. The molecule has 468 valence electrons. The van der Waals surface area contributed by atoms with Gasteiger partial charge in [-0.25, -0.2) is 4.57 Å². The van der Waals surface area contributed by atoms with Gasteiger partial charge in [-0.15, -0.1) is 0 Å². The number of hydrogen-bond acceptors (Lipinski definition) is 7. The molecule has 0 amide bonds. The van der Waals surface area contributed by atoms with E-state index in [-0.39, 0.29) is 25.6 Å². The van der Waals surface area contributed by atoms with Gasteiger partial charge in [-0.05, 0) is 44.9 Å². The van der Waals surface area contributed by atoms with E-state index < -0.39 is 26.5 Å². The summed E-state index contributed by atoms with van der Waals surface area (Å²) in [6.45, 7) is 4.50. The number of likely N-dealkylation sites (N-methyl/N-ethyl adjacent to an activating group) is 1. The SMILES string of the molecule is CCCCCCC/C=C\C/C=C\CCCCCCCCCCCCCCCCCCCCCC(=O)OC(COC(=O)CCCCCCCCCCCCCCCCCCCCCCCCCC)COP(=O)(O)OCC[N+](C)(C)C. The molecule has 0 saturated heterocycles. The highest BCUT2D eigenvalue weighted by atomic mass is 31.2. The molecule has 0 aromatic rings. The van der Waals surface area contributed by atoms with Crippen LogP contribution in [-0.4, -0.2) is 74.9 Å². The van der Waals surface area contributed by atoms with E-state index in [1.54, 1.807) is 0 Å². The number of rotatable bonds is 65. The summed E-state index contributed by atoms with van der Waals surface area (Å²) in [6, 6.07) is 0. The van der Waals surface area contributed by atoms with Gasteiger partial charge in [0.25, 0.3) is 0 Å². The molecule has 1 N–H and O–H groups in total. The third-order valence-corrected chi connectivity index (χ3v) is 16.7. The van der Waals surface area contributed by atoms with Crippen LogP contribution in [0.5, 0.6) is 0 Å². The number of ether oxygens (including phenoxy) is 2. The molecule has 0 radical (unpaired) electrons. The van der Waals surface area contributed by atoms with E-state index in [4.69, 9.17) is 18.5 Å². The molecule has 0 saturated carbocycles. The molecule has 0 rings (SSSR count). The second kappa shape index (κ2) is 61.1. The minimum atomic E-state index is -4.39. The van der Waals surface area contributed by atoms with Gasteiger partial charge in [0.1, 0.15) is 19.8 Å². The maximum absolute atomic E-state index is 12.9. The highest BCUT2D eigenvalue weighted by molar-refractivity contribution is 7.47. The number of esters is 2. The molecule has 79 heavy (non-hydrogen) atoms. The van der Waals surface area contributed by atoms with Crippen molar-refractivity contribution in [2.45, 2.75) is 360 Å². The molecule has 0 fully saturated rings. The van der Waals surface area contributed by atoms with Crippen molar-refractivity contribution in [1.82, 2.24) is 0 Å². The fourth-order valence-corrected chi connectivity index (χ4v) is 11.1. The van der Waals surface area contributed by atoms with Gasteiger partial charge in [0, 0.05) is 12.8 Å². The molecule has 0 bridgehead atoms. The van der Waals surface area contributed by atoms with E-state index in [2.05, 4.69) is 38.2 Å². The molecule has 9 nitrogen and oxygen atoms in total. The maximum atomic E-state index is 12.9. The summed E-state index contributed by atoms with van der Waals surface area (Å²) >= 11 is 0. The second-order valence-corrected chi connectivity index (χ2v) is 26.4. The van der Waals surface area contributed by atoms with Crippen molar-refractivity contribution in [3.63, 3.8) is 0 Å². The lowest BCUT2D eigenvalue weighted by molar-refractivity contribution is -0.870. The Bertz CT molecular complexity index is 1380. The van der Waals surface area contributed by atoms with Crippen LogP contribution in [0, 0.1) is 0 Å². The number of unbranched alkanes of at least 4 members (excludes halogenated alkanes) is 47. The number of phosphoric ester groups is 1. The molecule has 0 spiro atoms. The predicted octanol–water partition coefficient (Wildman–Crippen LogP) is 22.1. The smallest absolute Gasteiger partial charge is 0.462 e. The minimum Gasteiger partial charge on any atom is -0.462 e. The molecule has 0 aliphatic rings. The van der Waals surface area contributed by atoms with Gasteiger partial charge in [-0.3, -0.25) is 18.6 Å². The second-order valence-electron chi connectivity index (χ2n) is 24.9. The Hall–Kier alpha value is -1.51. The van der Waals surface area contributed by atoms with Crippen molar-refractivity contribution in [2.24, 2.45) is 0 Å². The standard InChI is InChI=1S/C69H134NO8P/c1-6-8-10-12-14-16-18-20-22-24-26-28-30-32-33-34-35-36-37-38-40-42-44-46-48-50-52-54-56-58-60-62-69(72)78-67(66-77-79(73,74)76-64-63-70(3,4)5)65-75-68(71)61-59-57-55-53-51-49-47-45-43-41-39-31-29-27-25-23-21-19-17-15-13-11-9-7-2/h18,20,24,26,67H,6-17,19,21-23,25,27-66H2,1-5H3/p+1/b20-18-,26-24-. The van der Waals surface area contributed by atoms with Crippen LogP contribution >= 0.6 is 7.82 Å². The van der Waals surface area contributed by atoms with E-state index in [1.807, 2.05) is 21.1 Å². The van der Waals surface area contributed by atoms with Crippen molar-refractivity contribution < 1.29 is 42.1 Å². The Morgan fingerprint density at radius 1 is 0.392 bits per heavy atom. The first kappa shape index (κ1) is 77.5. The Kier molecular flexibility index (Phi) is 59.9. The van der Waals surface area contributed by atoms with Gasteiger partial charge >= 0.3 is 19.8 Å². The minimum absolute atomic E-state index is 0.0357. The van der Waals surface area contributed by atoms with Crippen molar-refractivity contribution in [3.8, 4) is 0 Å². The van der Waals surface area contributed by atoms with Crippen LogP contribution in [0.4, 0.5) is 0 Å². The molecule has 0 aliphatic heterocycles. The zero-order valence-corrected chi connectivity index (χ0v) is 54.3. The van der Waals surface area contributed by atoms with Crippen LogP contribution in [0.3, 0.4) is 0 Å².